The summed E-state index contributed by atoms with van der Waals surface area (Å²) in [6.45, 7) is 18.7. The van der Waals surface area contributed by atoms with E-state index in [0.29, 0.717) is 8.84 Å². The number of alkyl halides is 1. The predicted octanol–water partition coefficient (Wildman–Crippen LogP) is 7.91. The van der Waals surface area contributed by atoms with Gasteiger partial charge >= 0.3 is 0 Å². The second kappa shape index (κ2) is 9.05. The van der Waals surface area contributed by atoms with Crippen LogP contribution in [0.3, 0.4) is 0 Å². The zero-order chi connectivity index (χ0) is 18.5. The summed E-state index contributed by atoms with van der Waals surface area (Å²) in [5, 5.41) is 0. The Balaban J connectivity index is 2.82. The Hall–Kier alpha value is -0.0500. The molecule has 0 spiro atoms. The molecule has 138 valence electrons. The molecular formula is C23H39I. The highest BCUT2D eigenvalue weighted by Gasteiger charge is 2.16. The summed E-state index contributed by atoms with van der Waals surface area (Å²) >= 11 is 2.58. The molecular weight excluding hydrogens is 403 g/mol. The lowest BCUT2D eigenvalue weighted by molar-refractivity contribution is 0.313. The molecule has 0 radical (unpaired) electrons. The minimum Gasteiger partial charge on any atom is -0.0795 e. The molecule has 1 aromatic carbocycles. The van der Waals surface area contributed by atoms with E-state index in [9.17, 15) is 0 Å². The normalized spacial score (nSPS) is 12.7. The van der Waals surface area contributed by atoms with Crippen LogP contribution < -0.4 is 0 Å². The third-order valence-electron chi connectivity index (χ3n) is 5.91. The number of hydrogen-bond acceptors (Lipinski definition) is 0. The number of aryl methyl sites for hydroxylation is 2. The van der Waals surface area contributed by atoms with Gasteiger partial charge in [-0.3, -0.25) is 0 Å². The molecule has 0 N–H and O–H groups in total. The Kier molecular flexibility index (Phi) is 8.29. The lowest BCUT2D eigenvalue weighted by atomic mass is 9.83. The van der Waals surface area contributed by atoms with Crippen molar-refractivity contribution in [2.45, 2.75) is 104 Å². The largest absolute Gasteiger partial charge is 0.0795 e. The summed E-state index contributed by atoms with van der Waals surface area (Å²) in [5.74, 6) is 0. The van der Waals surface area contributed by atoms with Gasteiger partial charge in [0.05, 0.1) is 0 Å². The number of halogens is 1. The minimum atomic E-state index is 0.417. The first kappa shape index (κ1) is 22.0. The Morgan fingerprint density at radius 3 is 1.67 bits per heavy atom. The van der Waals surface area contributed by atoms with Crippen molar-refractivity contribution in [2.75, 3.05) is 0 Å². The van der Waals surface area contributed by atoms with Crippen LogP contribution in [0, 0.1) is 26.2 Å². The quantitative estimate of drug-likeness (QED) is 0.269. The van der Waals surface area contributed by atoms with E-state index in [-0.39, 0.29) is 0 Å². The molecule has 0 fully saturated rings. The van der Waals surface area contributed by atoms with Crippen molar-refractivity contribution in [3.05, 3.63) is 33.9 Å². The fourth-order valence-corrected chi connectivity index (χ4v) is 3.72. The van der Waals surface area contributed by atoms with E-state index in [2.05, 4.69) is 84.0 Å². The second-order valence-corrected chi connectivity index (χ2v) is 11.9. The highest BCUT2D eigenvalue weighted by molar-refractivity contribution is 14.1. The van der Waals surface area contributed by atoms with E-state index >= 15 is 0 Å². The van der Waals surface area contributed by atoms with Crippen LogP contribution in [0.2, 0.25) is 0 Å². The molecule has 0 nitrogen and oxygen atoms in total. The molecule has 0 atom stereocenters. The molecule has 1 aromatic rings. The maximum absolute atomic E-state index is 2.58. The van der Waals surface area contributed by atoms with Crippen molar-refractivity contribution in [1.29, 1.82) is 0 Å². The van der Waals surface area contributed by atoms with Crippen molar-refractivity contribution in [2.24, 2.45) is 5.41 Å². The standard InChI is InChI=1S/C23H39I/c1-9-22(5,6)14-10-12-20-16-21(13-11-15-23(7,8)24)19(4)17(2)18(20)3/h16H,9-15H2,1-8H3. The van der Waals surface area contributed by atoms with Gasteiger partial charge in [-0.2, -0.15) is 0 Å². The van der Waals surface area contributed by atoms with Gasteiger partial charge in [0.1, 0.15) is 0 Å². The second-order valence-electron chi connectivity index (χ2n) is 9.01. The van der Waals surface area contributed by atoms with E-state index in [1.54, 1.807) is 11.1 Å². The van der Waals surface area contributed by atoms with Crippen LogP contribution in [0.4, 0.5) is 0 Å². The highest BCUT2D eigenvalue weighted by Crippen LogP contribution is 2.30. The summed E-state index contributed by atoms with van der Waals surface area (Å²) in [4.78, 5) is 0. The van der Waals surface area contributed by atoms with Crippen molar-refractivity contribution in [1.82, 2.24) is 0 Å². The number of rotatable bonds is 9. The molecule has 0 heterocycles. The summed E-state index contributed by atoms with van der Waals surface area (Å²) < 4.78 is 0.417. The molecule has 0 aliphatic heterocycles. The SMILES string of the molecule is CCC(C)(C)CCCc1cc(CCCC(C)(C)I)c(C)c(C)c1C. The molecule has 0 aliphatic rings. The zero-order valence-corrected chi connectivity index (χ0v) is 19.6. The molecule has 0 bridgehead atoms. The fraction of sp³-hybridized carbons (Fsp3) is 0.739. The van der Waals surface area contributed by atoms with E-state index < -0.39 is 0 Å². The van der Waals surface area contributed by atoms with E-state index in [1.165, 1.54) is 61.6 Å². The van der Waals surface area contributed by atoms with Gasteiger partial charge in [-0.1, -0.05) is 69.7 Å². The zero-order valence-electron chi connectivity index (χ0n) is 17.4. The van der Waals surface area contributed by atoms with Gasteiger partial charge in [-0.15, -0.1) is 0 Å². The van der Waals surface area contributed by atoms with Crippen LogP contribution in [0.5, 0.6) is 0 Å². The number of hydrogen-bond donors (Lipinski definition) is 0. The Morgan fingerprint density at radius 2 is 1.25 bits per heavy atom. The first-order valence-electron chi connectivity index (χ1n) is 9.74. The van der Waals surface area contributed by atoms with Crippen LogP contribution in [0.1, 0.15) is 94.5 Å². The molecule has 0 amide bonds. The van der Waals surface area contributed by atoms with Crippen molar-refractivity contribution < 1.29 is 0 Å². The van der Waals surface area contributed by atoms with Gasteiger partial charge in [-0.05, 0) is 92.5 Å². The lowest BCUT2D eigenvalue weighted by Gasteiger charge is -2.23. The monoisotopic (exact) mass is 442 g/mol. The Morgan fingerprint density at radius 1 is 0.792 bits per heavy atom. The van der Waals surface area contributed by atoms with Crippen molar-refractivity contribution in [3.63, 3.8) is 0 Å². The minimum absolute atomic E-state index is 0.417. The first-order chi connectivity index (χ1) is 11.0. The third-order valence-corrected chi connectivity index (χ3v) is 6.45. The average Bonchev–Trinajstić information content (AvgIpc) is 2.47. The molecule has 1 heteroatoms. The topological polar surface area (TPSA) is 0 Å². The van der Waals surface area contributed by atoms with Gasteiger partial charge in [-0.25, -0.2) is 0 Å². The predicted molar refractivity (Wildman–Crippen MR) is 119 cm³/mol. The van der Waals surface area contributed by atoms with Crippen molar-refractivity contribution in [3.8, 4) is 0 Å². The van der Waals surface area contributed by atoms with Gasteiger partial charge in [0.25, 0.3) is 0 Å². The summed E-state index contributed by atoms with van der Waals surface area (Å²) in [6, 6.07) is 2.52. The molecule has 0 aliphatic carbocycles. The van der Waals surface area contributed by atoms with Gasteiger partial charge < -0.3 is 0 Å². The molecule has 0 saturated heterocycles. The van der Waals surface area contributed by atoms with Gasteiger partial charge in [0.15, 0.2) is 0 Å². The van der Waals surface area contributed by atoms with Crippen LogP contribution in [-0.2, 0) is 12.8 Å². The summed E-state index contributed by atoms with van der Waals surface area (Å²) in [6.07, 6.45) is 8.96. The molecule has 0 unspecified atom stereocenters. The van der Waals surface area contributed by atoms with E-state index in [0.717, 1.165) is 0 Å². The summed E-state index contributed by atoms with van der Waals surface area (Å²) in [5.41, 5.74) is 8.24. The Labute approximate surface area is 165 Å². The van der Waals surface area contributed by atoms with Crippen LogP contribution in [0.15, 0.2) is 6.07 Å². The summed E-state index contributed by atoms with van der Waals surface area (Å²) in [7, 11) is 0. The third kappa shape index (κ3) is 7.06. The highest BCUT2D eigenvalue weighted by atomic mass is 127. The number of benzene rings is 1. The Bertz CT molecular complexity index is 532. The van der Waals surface area contributed by atoms with Crippen LogP contribution in [-0.4, -0.2) is 3.42 Å². The van der Waals surface area contributed by atoms with Gasteiger partial charge in [0.2, 0.25) is 0 Å². The average molecular weight is 442 g/mol. The smallest absolute Gasteiger partial charge is 0.0166 e. The van der Waals surface area contributed by atoms with Crippen molar-refractivity contribution >= 4 is 22.6 Å². The van der Waals surface area contributed by atoms with Gasteiger partial charge in [0, 0.05) is 3.42 Å². The maximum Gasteiger partial charge on any atom is 0.0166 e. The van der Waals surface area contributed by atoms with Crippen LogP contribution in [0.25, 0.3) is 0 Å². The molecule has 0 aromatic heterocycles. The lowest BCUT2D eigenvalue weighted by Crippen LogP contribution is -2.11. The maximum atomic E-state index is 2.58. The van der Waals surface area contributed by atoms with E-state index in [4.69, 9.17) is 0 Å². The molecule has 24 heavy (non-hydrogen) atoms. The molecule has 0 saturated carbocycles. The van der Waals surface area contributed by atoms with Crippen LogP contribution >= 0.6 is 22.6 Å². The fourth-order valence-electron chi connectivity index (χ4n) is 3.34. The first-order valence-corrected chi connectivity index (χ1v) is 10.8. The molecule has 1 rings (SSSR count). The van der Waals surface area contributed by atoms with E-state index in [1.807, 2.05) is 0 Å².